The smallest absolute Gasteiger partial charge is 0.297 e. The quantitative estimate of drug-likeness (QED) is 0.0694. The molecular formula is C46H78O19S. The molecule has 66 heavy (non-hydrogen) atoms. The molecule has 0 saturated carbocycles. The van der Waals surface area contributed by atoms with Crippen LogP contribution in [0.2, 0.25) is 0 Å². The zero-order valence-corrected chi connectivity index (χ0v) is 40.0. The van der Waals surface area contributed by atoms with E-state index in [2.05, 4.69) is 0 Å². The molecular weight excluding hydrogens is 889 g/mol. The van der Waals surface area contributed by atoms with Crippen LogP contribution in [0.25, 0.3) is 0 Å². The lowest BCUT2D eigenvalue weighted by Crippen LogP contribution is -2.16. The molecule has 382 valence electrons. The fourth-order valence-corrected chi connectivity index (χ4v) is 5.93. The Balaban J connectivity index is 1.12. The maximum atomic E-state index is 12.1. The van der Waals surface area contributed by atoms with Gasteiger partial charge in [0, 0.05) is 0 Å². The molecule has 2 aromatic carbocycles. The van der Waals surface area contributed by atoms with Crippen LogP contribution in [-0.4, -0.2) is 220 Å². The van der Waals surface area contributed by atoms with Gasteiger partial charge in [0.2, 0.25) is 0 Å². The molecule has 19 nitrogen and oxygen atoms in total. The summed E-state index contributed by atoms with van der Waals surface area (Å²) in [5.74, 6) is 0. The van der Waals surface area contributed by atoms with Crippen LogP contribution in [0.1, 0.15) is 11.1 Å². The summed E-state index contributed by atoms with van der Waals surface area (Å²) in [7, 11) is -3.78. The highest BCUT2D eigenvalue weighted by molar-refractivity contribution is 7.86. The van der Waals surface area contributed by atoms with E-state index < -0.39 is 10.1 Å². The van der Waals surface area contributed by atoms with Crippen molar-refractivity contribution in [3.63, 3.8) is 0 Å². The summed E-state index contributed by atoms with van der Waals surface area (Å²) in [6, 6.07) is 16.5. The first-order chi connectivity index (χ1) is 32.6. The van der Waals surface area contributed by atoms with Crippen molar-refractivity contribution in [2.75, 3.05) is 211 Å². The number of ether oxygens (including phenoxy) is 16. The Morgan fingerprint density at radius 1 is 0.288 bits per heavy atom. The minimum Gasteiger partial charge on any atom is -0.377 e. The van der Waals surface area contributed by atoms with Gasteiger partial charge in [-0.3, -0.25) is 4.18 Å². The Morgan fingerprint density at radius 2 is 0.515 bits per heavy atom. The zero-order chi connectivity index (χ0) is 47.0. The van der Waals surface area contributed by atoms with E-state index in [1.807, 2.05) is 37.3 Å². The van der Waals surface area contributed by atoms with Crippen LogP contribution in [0.5, 0.6) is 0 Å². The summed E-state index contributed by atoms with van der Waals surface area (Å²) < 4.78 is 117. The van der Waals surface area contributed by atoms with E-state index in [-0.39, 0.29) is 18.1 Å². The summed E-state index contributed by atoms with van der Waals surface area (Å²) in [4.78, 5) is 0.124. The summed E-state index contributed by atoms with van der Waals surface area (Å²) in [5.41, 5.74) is 2.12. The zero-order valence-electron chi connectivity index (χ0n) is 39.2. The minimum atomic E-state index is -3.78. The van der Waals surface area contributed by atoms with Crippen LogP contribution in [-0.2, 0) is 96.7 Å². The van der Waals surface area contributed by atoms with Crippen molar-refractivity contribution < 1.29 is 88.4 Å². The standard InChI is InChI=1S/C46H78O19S/c1-44-7-9-46(10-8-44)66(47,48)65-42-41-63-38-37-61-34-33-59-30-29-57-26-25-55-22-21-53-18-17-51-14-13-49-11-12-50-15-16-52-19-20-54-23-24-56-27-28-58-31-32-60-35-36-62-39-40-64-43-45-5-3-2-4-6-45/h2-10H,11-43H2,1H3. The first kappa shape index (κ1) is 59.8. The summed E-state index contributed by atoms with van der Waals surface area (Å²) in [6.45, 7) is 16.9. The average Bonchev–Trinajstić information content (AvgIpc) is 3.32. The molecule has 0 aromatic heterocycles. The first-order valence-corrected chi connectivity index (χ1v) is 24.2. The fourth-order valence-electron chi connectivity index (χ4n) is 5.04. The van der Waals surface area contributed by atoms with E-state index in [1.165, 1.54) is 12.1 Å². The normalized spacial score (nSPS) is 11.8. The Kier molecular flexibility index (Phi) is 42.1. The summed E-state index contributed by atoms with van der Waals surface area (Å²) in [5, 5.41) is 0. The van der Waals surface area contributed by atoms with Crippen molar-refractivity contribution in [1.82, 2.24) is 0 Å². The van der Waals surface area contributed by atoms with Gasteiger partial charge >= 0.3 is 0 Å². The van der Waals surface area contributed by atoms with Gasteiger partial charge in [0.15, 0.2) is 0 Å². The van der Waals surface area contributed by atoms with E-state index in [4.69, 9.17) is 80.0 Å². The highest BCUT2D eigenvalue weighted by Crippen LogP contribution is 2.13. The van der Waals surface area contributed by atoms with Crippen LogP contribution >= 0.6 is 0 Å². The predicted molar refractivity (Wildman–Crippen MR) is 243 cm³/mol. The number of hydrogen-bond acceptors (Lipinski definition) is 19. The first-order valence-electron chi connectivity index (χ1n) is 22.8. The Labute approximate surface area is 393 Å². The Bertz CT molecular complexity index is 1390. The maximum Gasteiger partial charge on any atom is 0.297 e. The third-order valence-electron chi connectivity index (χ3n) is 8.47. The molecule has 0 saturated heterocycles. The molecule has 0 N–H and O–H groups in total. The van der Waals surface area contributed by atoms with Gasteiger partial charge in [0.1, 0.15) is 0 Å². The van der Waals surface area contributed by atoms with E-state index >= 15 is 0 Å². The second-order valence-electron chi connectivity index (χ2n) is 13.8. The minimum absolute atomic E-state index is 0.0652. The van der Waals surface area contributed by atoms with Crippen LogP contribution in [0.4, 0.5) is 0 Å². The molecule has 0 unspecified atom stereocenters. The number of aryl methyl sites for hydroxylation is 1. The Morgan fingerprint density at radius 3 is 0.773 bits per heavy atom. The third kappa shape index (κ3) is 39.7. The van der Waals surface area contributed by atoms with Crippen LogP contribution in [0.15, 0.2) is 59.5 Å². The predicted octanol–water partition coefficient (Wildman–Crippen LogP) is 3.17. The third-order valence-corrected chi connectivity index (χ3v) is 9.79. The molecule has 0 radical (unpaired) electrons. The lowest BCUT2D eigenvalue weighted by molar-refractivity contribution is -0.0305. The van der Waals surface area contributed by atoms with E-state index in [0.29, 0.717) is 205 Å². The van der Waals surface area contributed by atoms with Crippen LogP contribution in [0.3, 0.4) is 0 Å². The highest BCUT2D eigenvalue weighted by Gasteiger charge is 2.14. The molecule has 0 aliphatic heterocycles. The van der Waals surface area contributed by atoms with Crippen LogP contribution in [0, 0.1) is 6.92 Å². The van der Waals surface area contributed by atoms with Gasteiger partial charge in [-0.15, -0.1) is 0 Å². The second-order valence-corrected chi connectivity index (χ2v) is 15.4. The van der Waals surface area contributed by atoms with Gasteiger partial charge in [0.25, 0.3) is 10.1 Å². The molecule has 2 aromatic rings. The fraction of sp³-hybridized carbons (Fsp3) is 0.739. The number of hydrogen-bond donors (Lipinski definition) is 0. The van der Waals surface area contributed by atoms with Gasteiger partial charge in [-0.1, -0.05) is 48.0 Å². The van der Waals surface area contributed by atoms with E-state index in [1.54, 1.807) is 12.1 Å². The van der Waals surface area contributed by atoms with Crippen molar-refractivity contribution in [2.24, 2.45) is 0 Å². The molecule has 0 aliphatic rings. The van der Waals surface area contributed by atoms with Gasteiger partial charge in [0.05, 0.1) is 223 Å². The van der Waals surface area contributed by atoms with Crippen molar-refractivity contribution in [2.45, 2.75) is 18.4 Å². The molecule has 0 fully saturated rings. The molecule has 0 atom stereocenters. The molecule has 0 spiro atoms. The highest BCUT2D eigenvalue weighted by atomic mass is 32.2. The maximum absolute atomic E-state index is 12.1. The van der Waals surface area contributed by atoms with Crippen molar-refractivity contribution in [1.29, 1.82) is 0 Å². The van der Waals surface area contributed by atoms with Gasteiger partial charge < -0.3 is 75.8 Å². The lowest BCUT2D eigenvalue weighted by atomic mass is 10.2. The van der Waals surface area contributed by atoms with E-state index in [0.717, 1.165) is 11.1 Å². The lowest BCUT2D eigenvalue weighted by Gasteiger charge is -2.09. The largest absolute Gasteiger partial charge is 0.377 e. The van der Waals surface area contributed by atoms with Crippen LogP contribution < -0.4 is 0 Å². The summed E-state index contributed by atoms with van der Waals surface area (Å²) >= 11 is 0. The topological polar surface area (TPSA) is 191 Å². The van der Waals surface area contributed by atoms with E-state index in [9.17, 15) is 8.42 Å². The molecule has 0 amide bonds. The van der Waals surface area contributed by atoms with Crippen molar-refractivity contribution in [3.05, 3.63) is 65.7 Å². The monoisotopic (exact) mass is 966 g/mol. The summed E-state index contributed by atoms with van der Waals surface area (Å²) in [6.07, 6.45) is 0. The molecule has 2 rings (SSSR count). The second kappa shape index (κ2) is 46.4. The Hall–Kier alpha value is -2.29. The molecule has 0 heterocycles. The number of rotatable bonds is 52. The molecule has 0 bridgehead atoms. The van der Waals surface area contributed by atoms with Crippen molar-refractivity contribution >= 4 is 10.1 Å². The van der Waals surface area contributed by atoms with Gasteiger partial charge in [-0.25, -0.2) is 0 Å². The SMILES string of the molecule is Cc1ccc(S(=O)(=O)OCCOCCOCCOCCOCCOCCOCCOCCOCCOCCOCCOCCOCCOCCOCCOCCOCc2ccccc2)cc1. The van der Waals surface area contributed by atoms with Crippen molar-refractivity contribution in [3.8, 4) is 0 Å². The van der Waals surface area contributed by atoms with Gasteiger partial charge in [-0.05, 0) is 24.6 Å². The molecule has 0 aliphatic carbocycles. The average molecular weight is 967 g/mol. The molecule has 20 heteroatoms. The van der Waals surface area contributed by atoms with Gasteiger partial charge in [-0.2, -0.15) is 8.42 Å². The number of benzene rings is 2.